The third-order valence-corrected chi connectivity index (χ3v) is 14.8. The van der Waals surface area contributed by atoms with Gasteiger partial charge < -0.3 is 9.47 Å². The molecule has 1 aliphatic heterocycles. The second kappa shape index (κ2) is 8.47. The summed E-state index contributed by atoms with van der Waals surface area (Å²) in [6.45, 7) is 11.5. The Morgan fingerprint density at radius 1 is 0.889 bits per heavy atom. The van der Waals surface area contributed by atoms with Crippen molar-refractivity contribution in [3.05, 3.63) is 41.0 Å². The number of rotatable bonds is 4. The van der Waals surface area contributed by atoms with Crippen LogP contribution in [0.4, 0.5) is 0 Å². The first-order valence-electron chi connectivity index (χ1n) is 14.5. The first kappa shape index (κ1) is 24.8. The van der Waals surface area contributed by atoms with E-state index in [2.05, 4.69) is 77.0 Å². The van der Waals surface area contributed by atoms with Crippen LogP contribution in [0.15, 0.2) is 29.9 Å². The molecule has 5 aliphatic rings. The van der Waals surface area contributed by atoms with Crippen molar-refractivity contribution in [1.82, 2.24) is 4.67 Å². The number of hydrogen-bond acceptors (Lipinski definition) is 3. The minimum absolute atomic E-state index is 0.00393. The SMILES string of the molecule is CC1(C)C2=CC3C(C=C2c2cc4c(cc21)OCCO4)CCC3[Si](C)(C)N(C1CCCCC1)[N+](C)(C)C. The summed E-state index contributed by atoms with van der Waals surface area (Å²) in [4.78, 5) is 0. The van der Waals surface area contributed by atoms with Crippen LogP contribution < -0.4 is 9.47 Å². The molecule has 1 heterocycles. The molecule has 2 saturated carbocycles. The summed E-state index contributed by atoms with van der Waals surface area (Å²) >= 11 is 0. The minimum Gasteiger partial charge on any atom is -0.486 e. The number of benzene rings is 1. The molecule has 36 heavy (non-hydrogen) atoms. The molecule has 1 aromatic rings. The van der Waals surface area contributed by atoms with Crippen LogP contribution in [0.25, 0.3) is 5.57 Å². The van der Waals surface area contributed by atoms with Gasteiger partial charge in [-0.1, -0.05) is 64.8 Å². The molecule has 4 nitrogen and oxygen atoms in total. The van der Waals surface area contributed by atoms with E-state index in [0.717, 1.165) is 27.7 Å². The summed E-state index contributed by atoms with van der Waals surface area (Å²) < 4.78 is 16.0. The maximum atomic E-state index is 5.99. The van der Waals surface area contributed by atoms with Gasteiger partial charge in [0, 0.05) is 11.5 Å². The molecule has 6 rings (SSSR count). The monoisotopic (exact) mass is 507 g/mol. The number of allylic oxidation sites excluding steroid dienone is 4. The number of fused-ring (bicyclic) bond motifs is 5. The van der Waals surface area contributed by atoms with E-state index in [9.17, 15) is 0 Å². The zero-order valence-electron chi connectivity index (χ0n) is 23.7. The largest absolute Gasteiger partial charge is 0.486 e. The average molecular weight is 508 g/mol. The molecule has 0 aromatic heterocycles. The second-order valence-electron chi connectivity index (χ2n) is 14.0. The lowest BCUT2D eigenvalue weighted by molar-refractivity contribution is -0.975. The van der Waals surface area contributed by atoms with E-state index < -0.39 is 8.24 Å². The Morgan fingerprint density at radius 3 is 2.22 bits per heavy atom. The van der Waals surface area contributed by atoms with Gasteiger partial charge in [-0.05, 0) is 71.0 Å². The predicted octanol–water partition coefficient (Wildman–Crippen LogP) is 6.93. The maximum absolute atomic E-state index is 5.99. The Bertz CT molecular complexity index is 1110. The predicted molar refractivity (Wildman–Crippen MR) is 151 cm³/mol. The first-order chi connectivity index (χ1) is 17.0. The zero-order chi connectivity index (χ0) is 25.5. The van der Waals surface area contributed by atoms with E-state index in [4.69, 9.17) is 9.47 Å². The molecule has 0 bridgehead atoms. The highest BCUT2D eigenvalue weighted by Crippen LogP contribution is 2.60. The Labute approximate surface area is 220 Å². The third-order valence-electron chi connectivity index (χ3n) is 10.2. The Hall–Kier alpha value is -1.56. The normalized spacial score (nSPS) is 29.4. The van der Waals surface area contributed by atoms with Crippen LogP contribution in [0.1, 0.15) is 69.9 Å². The van der Waals surface area contributed by atoms with Gasteiger partial charge in [-0.3, -0.25) is 4.59 Å². The molecule has 5 heteroatoms. The van der Waals surface area contributed by atoms with Crippen LogP contribution in [0.3, 0.4) is 0 Å². The summed E-state index contributed by atoms with van der Waals surface area (Å²) in [5, 5.41) is 0. The quantitative estimate of drug-likeness (QED) is 0.251. The minimum atomic E-state index is -1.73. The van der Waals surface area contributed by atoms with Crippen LogP contribution >= 0.6 is 0 Å². The van der Waals surface area contributed by atoms with Gasteiger partial charge in [-0.15, -0.1) is 0 Å². The van der Waals surface area contributed by atoms with Gasteiger partial charge in [0.05, 0.1) is 21.1 Å². The fraction of sp³-hybridized carbons (Fsp3) is 0.677. The zero-order valence-corrected chi connectivity index (χ0v) is 24.7. The molecular formula is C31H47N2O2Si+. The van der Waals surface area contributed by atoms with Crippen molar-refractivity contribution in [2.24, 2.45) is 11.8 Å². The third kappa shape index (κ3) is 3.75. The smallest absolute Gasteiger partial charge is 0.190 e. The molecule has 0 amide bonds. The van der Waals surface area contributed by atoms with Crippen LogP contribution in [0.5, 0.6) is 11.5 Å². The fourth-order valence-corrected chi connectivity index (χ4v) is 14.1. The Balaban J connectivity index is 1.37. The van der Waals surface area contributed by atoms with Gasteiger partial charge in [0.2, 0.25) is 0 Å². The van der Waals surface area contributed by atoms with Crippen molar-refractivity contribution in [2.45, 2.75) is 88.9 Å². The summed E-state index contributed by atoms with van der Waals surface area (Å²) in [5.41, 5.74) is 6.61. The highest BCUT2D eigenvalue weighted by atomic mass is 28.3. The molecule has 4 aliphatic carbocycles. The van der Waals surface area contributed by atoms with E-state index in [-0.39, 0.29) is 5.41 Å². The lowest BCUT2D eigenvalue weighted by Gasteiger charge is -2.53. The lowest BCUT2D eigenvalue weighted by atomic mass is 9.76. The van der Waals surface area contributed by atoms with Crippen LogP contribution in [-0.4, -0.2) is 57.9 Å². The fourth-order valence-electron chi connectivity index (χ4n) is 8.88. The molecule has 0 saturated heterocycles. The number of ether oxygens (including phenoxy) is 2. The molecule has 2 fully saturated rings. The van der Waals surface area contributed by atoms with Crippen molar-refractivity contribution < 1.29 is 14.1 Å². The van der Waals surface area contributed by atoms with Gasteiger partial charge in [-0.25, -0.2) is 0 Å². The van der Waals surface area contributed by atoms with Gasteiger partial charge in [0.15, 0.2) is 19.7 Å². The molecular weight excluding hydrogens is 460 g/mol. The molecule has 3 unspecified atom stereocenters. The van der Waals surface area contributed by atoms with Gasteiger partial charge in [-0.2, -0.15) is 4.67 Å². The van der Waals surface area contributed by atoms with Crippen molar-refractivity contribution in [1.29, 1.82) is 0 Å². The van der Waals surface area contributed by atoms with Crippen molar-refractivity contribution >= 4 is 13.8 Å². The molecule has 0 radical (unpaired) electrons. The lowest BCUT2D eigenvalue weighted by Crippen LogP contribution is -2.69. The van der Waals surface area contributed by atoms with Gasteiger partial charge >= 0.3 is 0 Å². The first-order valence-corrected chi connectivity index (χ1v) is 17.5. The van der Waals surface area contributed by atoms with E-state index in [1.807, 2.05) is 0 Å². The second-order valence-corrected chi connectivity index (χ2v) is 18.5. The van der Waals surface area contributed by atoms with Crippen molar-refractivity contribution in [2.75, 3.05) is 34.4 Å². The van der Waals surface area contributed by atoms with E-state index >= 15 is 0 Å². The van der Waals surface area contributed by atoms with Gasteiger partial charge in [0.1, 0.15) is 13.2 Å². The highest BCUT2D eigenvalue weighted by Gasteiger charge is 2.55. The summed E-state index contributed by atoms with van der Waals surface area (Å²) in [5.74, 6) is 3.17. The van der Waals surface area contributed by atoms with Crippen molar-refractivity contribution in [3.8, 4) is 11.5 Å². The molecule has 1 aromatic carbocycles. The van der Waals surface area contributed by atoms with Crippen LogP contribution in [0, 0.1) is 11.8 Å². The highest BCUT2D eigenvalue weighted by molar-refractivity contribution is 6.76. The Morgan fingerprint density at radius 2 is 1.56 bits per heavy atom. The van der Waals surface area contributed by atoms with E-state index in [1.54, 1.807) is 5.57 Å². The van der Waals surface area contributed by atoms with Crippen molar-refractivity contribution in [3.63, 3.8) is 0 Å². The molecule has 196 valence electrons. The van der Waals surface area contributed by atoms with Gasteiger partial charge in [0.25, 0.3) is 0 Å². The molecule has 0 N–H and O–H groups in total. The maximum Gasteiger partial charge on any atom is 0.190 e. The van der Waals surface area contributed by atoms with Crippen LogP contribution in [0.2, 0.25) is 18.6 Å². The molecule has 0 spiro atoms. The summed E-state index contributed by atoms with van der Waals surface area (Å²) in [7, 11) is 5.55. The standard InChI is InChI=1S/C31H47N2O2Si/c1-31(2)26-18-23-21(17-24(26)25-19-28-29(20-27(25)31)35-16-15-34-28)13-14-30(23)36(6,7)32(33(3,4)5)22-11-9-8-10-12-22/h17-23,30H,8-16H2,1-7H3/q+1. The number of nitrogens with zero attached hydrogens (tertiary/aromatic N) is 2. The topological polar surface area (TPSA) is 21.7 Å². The number of hydrogen-bond donors (Lipinski definition) is 0. The Kier molecular flexibility index (Phi) is 5.83. The van der Waals surface area contributed by atoms with E-state index in [1.165, 1.54) is 61.6 Å². The number of quaternary nitrogens is 1. The summed E-state index contributed by atoms with van der Waals surface area (Å²) in [6, 6.07) is 5.30. The van der Waals surface area contributed by atoms with E-state index in [0.29, 0.717) is 25.0 Å². The molecule has 3 atom stereocenters. The average Bonchev–Trinajstić information content (AvgIpc) is 3.34. The van der Waals surface area contributed by atoms with Crippen LogP contribution in [-0.2, 0) is 5.41 Å². The summed E-state index contributed by atoms with van der Waals surface area (Å²) in [6.07, 6.45) is 15.1.